The van der Waals surface area contributed by atoms with Crippen LogP contribution in [-0.2, 0) is 6.54 Å². The molecule has 128 valence electrons. The highest BCUT2D eigenvalue weighted by Gasteiger charge is 2.09. The Morgan fingerprint density at radius 3 is 2.48 bits per heavy atom. The molecule has 6 heteroatoms. The van der Waals surface area contributed by atoms with Gasteiger partial charge < -0.3 is 15.0 Å². The van der Waals surface area contributed by atoms with Crippen LogP contribution >= 0.6 is 0 Å². The largest absolute Gasteiger partial charge is 0.497 e. The topological polar surface area (TPSA) is 63.2 Å². The first kappa shape index (κ1) is 16.7. The highest BCUT2D eigenvalue weighted by molar-refractivity contribution is 5.55. The average Bonchev–Trinajstić information content (AvgIpc) is 2.68. The molecule has 0 unspecified atom stereocenters. The van der Waals surface area contributed by atoms with Crippen LogP contribution in [0.15, 0.2) is 60.8 Å². The Morgan fingerprint density at radius 2 is 1.80 bits per heavy atom. The van der Waals surface area contributed by atoms with E-state index in [1.165, 1.54) is 5.56 Å². The number of methoxy groups -OCH3 is 1. The maximum Gasteiger partial charge on any atom is 0.249 e. The Bertz CT molecular complexity index is 792. The predicted octanol–water partition coefficient (Wildman–Crippen LogP) is 3.65. The number of rotatable bonds is 7. The van der Waals surface area contributed by atoms with Gasteiger partial charge in [-0.2, -0.15) is 10.1 Å². The van der Waals surface area contributed by atoms with Gasteiger partial charge in [0.05, 0.1) is 13.3 Å². The van der Waals surface area contributed by atoms with Crippen molar-refractivity contribution in [2.24, 2.45) is 0 Å². The van der Waals surface area contributed by atoms with Gasteiger partial charge in [-0.15, -0.1) is 5.10 Å². The van der Waals surface area contributed by atoms with Crippen molar-refractivity contribution in [2.75, 3.05) is 23.9 Å². The normalized spacial score (nSPS) is 10.3. The molecule has 0 bridgehead atoms. The molecule has 0 atom stereocenters. The van der Waals surface area contributed by atoms with Crippen LogP contribution in [0.2, 0.25) is 0 Å². The first-order valence-electron chi connectivity index (χ1n) is 8.18. The summed E-state index contributed by atoms with van der Waals surface area (Å²) >= 11 is 0. The molecule has 0 saturated carbocycles. The van der Waals surface area contributed by atoms with E-state index >= 15 is 0 Å². The third-order valence-electron chi connectivity index (χ3n) is 3.81. The summed E-state index contributed by atoms with van der Waals surface area (Å²) in [4.78, 5) is 6.74. The average molecular weight is 335 g/mol. The van der Waals surface area contributed by atoms with Gasteiger partial charge in [0.1, 0.15) is 5.75 Å². The van der Waals surface area contributed by atoms with Crippen LogP contribution in [0.4, 0.5) is 17.5 Å². The highest BCUT2D eigenvalue weighted by atomic mass is 16.5. The second kappa shape index (κ2) is 8.10. The van der Waals surface area contributed by atoms with E-state index in [0.717, 1.165) is 30.3 Å². The number of hydrogen-bond acceptors (Lipinski definition) is 6. The molecule has 2 aromatic carbocycles. The molecule has 0 aliphatic heterocycles. The lowest BCUT2D eigenvalue weighted by atomic mass is 10.2. The van der Waals surface area contributed by atoms with E-state index in [-0.39, 0.29) is 0 Å². The van der Waals surface area contributed by atoms with Gasteiger partial charge in [0.25, 0.3) is 0 Å². The Kier molecular flexibility index (Phi) is 5.41. The standard InChI is InChI=1S/C19H21N5O/c1-3-24(14-15-7-5-4-6-8-15)18-13-20-23-19(22-18)21-16-9-11-17(25-2)12-10-16/h4-13H,3,14H2,1-2H3,(H,21,22,23). The minimum Gasteiger partial charge on any atom is -0.497 e. The molecule has 3 aromatic rings. The van der Waals surface area contributed by atoms with Crippen molar-refractivity contribution in [3.8, 4) is 5.75 Å². The first-order chi connectivity index (χ1) is 12.3. The van der Waals surface area contributed by atoms with E-state index in [4.69, 9.17) is 4.74 Å². The summed E-state index contributed by atoms with van der Waals surface area (Å²) in [7, 11) is 1.64. The summed E-state index contributed by atoms with van der Waals surface area (Å²) in [6, 6.07) is 17.9. The van der Waals surface area contributed by atoms with Crippen LogP contribution in [0.3, 0.4) is 0 Å². The predicted molar refractivity (Wildman–Crippen MR) is 99.3 cm³/mol. The van der Waals surface area contributed by atoms with Crippen molar-refractivity contribution in [3.63, 3.8) is 0 Å². The van der Waals surface area contributed by atoms with Gasteiger partial charge >= 0.3 is 0 Å². The quantitative estimate of drug-likeness (QED) is 0.711. The number of nitrogens with one attached hydrogen (secondary N) is 1. The van der Waals surface area contributed by atoms with E-state index in [9.17, 15) is 0 Å². The molecule has 0 saturated heterocycles. The summed E-state index contributed by atoms with van der Waals surface area (Å²) < 4.78 is 5.16. The van der Waals surface area contributed by atoms with E-state index in [2.05, 4.69) is 44.5 Å². The van der Waals surface area contributed by atoms with Gasteiger partial charge in [0.2, 0.25) is 5.95 Å². The van der Waals surface area contributed by atoms with Crippen molar-refractivity contribution in [1.29, 1.82) is 0 Å². The maximum absolute atomic E-state index is 5.16. The summed E-state index contributed by atoms with van der Waals surface area (Å²) in [5.74, 6) is 2.06. The van der Waals surface area contributed by atoms with Gasteiger partial charge in [-0.3, -0.25) is 0 Å². The van der Waals surface area contributed by atoms with E-state index < -0.39 is 0 Å². The molecular weight excluding hydrogens is 314 g/mol. The third kappa shape index (κ3) is 4.44. The van der Waals surface area contributed by atoms with Crippen molar-refractivity contribution in [1.82, 2.24) is 15.2 Å². The van der Waals surface area contributed by atoms with Gasteiger partial charge in [-0.05, 0) is 36.8 Å². The first-order valence-corrected chi connectivity index (χ1v) is 8.18. The summed E-state index contributed by atoms with van der Waals surface area (Å²) in [6.07, 6.45) is 1.69. The van der Waals surface area contributed by atoms with Crippen molar-refractivity contribution in [3.05, 3.63) is 66.4 Å². The number of nitrogens with zero attached hydrogens (tertiary/aromatic N) is 4. The highest BCUT2D eigenvalue weighted by Crippen LogP contribution is 2.19. The molecule has 0 fully saturated rings. The number of hydrogen-bond donors (Lipinski definition) is 1. The Hall–Kier alpha value is -3.15. The van der Waals surface area contributed by atoms with Gasteiger partial charge in [-0.25, -0.2) is 0 Å². The van der Waals surface area contributed by atoms with E-state index in [1.54, 1.807) is 13.3 Å². The fourth-order valence-corrected chi connectivity index (χ4v) is 2.46. The van der Waals surface area contributed by atoms with Crippen LogP contribution < -0.4 is 15.0 Å². The molecular formula is C19H21N5O. The minimum absolute atomic E-state index is 0.467. The zero-order chi connectivity index (χ0) is 17.5. The van der Waals surface area contributed by atoms with Crippen LogP contribution in [-0.4, -0.2) is 28.8 Å². The number of benzene rings is 2. The van der Waals surface area contributed by atoms with E-state index in [1.807, 2.05) is 42.5 Å². The van der Waals surface area contributed by atoms with Crippen LogP contribution in [0, 0.1) is 0 Å². The molecule has 0 aliphatic carbocycles. The SMILES string of the molecule is CCN(Cc1ccccc1)c1cnnc(Nc2ccc(OC)cc2)n1. The van der Waals surface area contributed by atoms with Crippen LogP contribution in [0.25, 0.3) is 0 Å². The molecule has 0 radical (unpaired) electrons. The Morgan fingerprint density at radius 1 is 1.04 bits per heavy atom. The maximum atomic E-state index is 5.16. The van der Waals surface area contributed by atoms with Crippen molar-refractivity contribution < 1.29 is 4.74 Å². The smallest absolute Gasteiger partial charge is 0.249 e. The van der Waals surface area contributed by atoms with Crippen molar-refractivity contribution in [2.45, 2.75) is 13.5 Å². The van der Waals surface area contributed by atoms with Gasteiger partial charge in [-0.1, -0.05) is 30.3 Å². The molecule has 25 heavy (non-hydrogen) atoms. The molecule has 0 amide bonds. The number of aromatic nitrogens is 3. The minimum atomic E-state index is 0.467. The molecule has 1 N–H and O–H groups in total. The lowest BCUT2D eigenvalue weighted by molar-refractivity contribution is 0.415. The lowest BCUT2D eigenvalue weighted by Crippen LogP contribution is -2.23. The molecule has 1 aromatic heterocycles. The molecule has 3 rings (SSSR count). The van der Waals surface area contributed by atoms with Crippen LogP contribution in [0.5, 0.6) is 5.75 Å². The molecule has 0 aliphatic rings. The second-order valence-electron chi connectivity index (χ2n) is 5.49. The molecule has 1 heterocycles. The van der Waals surface area contributed by atoms with Crippen molar-refractivity contribution >= 4 is 17.5 Å². The summed E-state index contributed by atoms with van der Waals surface area (Å²) in [6.45, 7) is 3.70. The summed E-state index contributed by atoms with van der Waals surface area (Å²) in [5.41, 5.74) is 2.11. The third-order valence-corrected chi connectivity index (χ3v) is 3.81. The summed E-state index contributed by atoms with van der Waals surface area (Å²) in [5, 5.41) is 11.3. The Labute approximate surface area is 147 Å². The van der Waals surface area contributed by atoms with Crippen LogP contribution in [0.1, 0.15) is 12.5 Å². The zero-order valence-electron chi connectivity index (χ0n) is 14.4. The number of ether oxygens (including phenoxy) is 1. The Balaban J connectivity index is 1.74. The van der Waals surface area contributed by atoms with Gasteiger partial charge in [0.15, 0.2) is 5.82 Å². The van der Waals surface area contributed by atoms with E-state index in [0.29, 0.717) is 5.95 Å². The monoisotopic (exact) mass is 335 g/mol. The lowest BCUT2D eigenvalue weighted by Gasteiger charge is -2.21. The number of anilines is 3. The molecule has 0 spiro atoms. The second-order valence-corrected chi connectivity index (χ2v) is 5.49. The zero-order valence-corrected chi connectivity index (χ0v) is 14.4. The fourth-order valence-electron chi connectivity index (χ4n) is 2.46. The fraction of sp³-hybridized carbons (Fsp3) is 0.211. The molecule has 6 nitrogen and oxygen atoms in total. The van der Waals surface area contributed by atoms with Gasteiger partial charge in [0, 0.05) is 18.8 Å².